The molecule has 0 spiro atoms. The van der Waals surface area contributed by atoms with Crippen molar-refractivity contribution in [3.63, 3.8) is 0 Å². The van der Waals surface area contributed by atoms with Crippen LogP contribution in [0.15, 0.2) is 12.8 Å². The third kappa shape index (κ3) is 3.07. The van der Waals surface area contributed by atoms with Crippen LogP contribution >= 0.6 is 11.8 Å². The summed E-state index contributed by atoms with van der Waals surface area (Å²) in [5, 5.41) is 0. The molecule has 2 nitrogen and oxygen atoms in total. The zero-order valence-corrected chi connectivity index (χ0v) is 8.65. The van der Waals surface area contributed by atoms with Gasteiger partial charge in [-0.05, 0) is 12.0 Å². The van der Waals surface area contributed by atoms with Gasteiger partial charge in [-0.25, -0.2) is 0 Å². The van der Waals surface area contributed by atoms with E-state index in [0.29, 0.717) is 0 Å². The van der Waals surface area contributed by atoms with E-state index in [4.69, 9.17) is 0 Å². The predicted molar refractivity (Wildman–Crippen MR) is 56.3 cm³/mol. The molecule has 0 radical (unpaired) electrons. The number of hydrogen-bond acceptors (Lipinski definition) is 3. The van der Waals surface area contributed by atoms with Crippen molar-refractivity contribution in [1.29, 1.82) is 0 Å². The fraction of sp³-hybridized carbons (Fsp3) is 0.778. The van der Waals surface area contributed by atoms with E-state index in [2.05, 4.69) is 23.3 Å². The van der Waals surface area contributed by atoms with Gasteiger partial charge < -0.3 is 4.90 Å². The first-order valence-electron chi connectivity index (χ1n) is 4.53. The molecule has 0 aromatic carbocycles. The van der Waals surface area contributed by atoms with Crippen molar-refractivity contribution in [3.05, 3.63) is 12.8 Å². The van der Waals surface area contributed by atoms with E-state index in [0.717, 1.165) is 13.2 Å². The number of nitrogens with zero attached hydrogens (tertiary/aromatic N) is 2. The first-order valence-corrected chi connectivity index (χ1v) is 5.69. The second kappa shape index (κ2) is 5.49. The van der Waals surface area contributed by atoms with Gasteiger partial charge in [0.15, 0.2) is 0 Å². The molecule has 1 saturated heterocycles. The molecule has 1 aliphatic rings. The Labute approximate surface area is 79.6 Å². The van der Waals surface area contributed by atoms with Crippen LogP contribution in [0.5, 0.6) is 0 Å². The summed E-state index contributed by atoms with van der Waals surface area (Å²) in [5.74, 6) is 2.50. The van der Waals surface area contributed by atoms with Crippen molar-refractivity contribution in [1.82, 2.24) is 9.80 Å². The first-order chi connectivity index (χ1) is 5.86. The average Bonchev–Trinajstić information content (AvgIpc) is 2.53. The highest BCUT2D eigenvalue weighted by molar-refractivity contribution is 7.99. The summed E-state index contributed by atoms with van der Waals surface area (Å²) in [5.41, 5.74) is 0. The van der Waals surface area contributed by atoms with Crippen LogP contribution in [0.2, 0.25) is 0 Å². The fourth-order valence-electron chi connectivity index (χ4n) is 1.34. The minimum Gasteiger partial charge on any atom is -0.364 e. The molecule has 12 heavy (non-hydrogen) atoms. The van der Waals surface area contributed by atoms with Gasteiger partial charge in [0, 0.05) is 25.4 Å². The van der Waals surface area contributed by atoms with E-state index in [-0.39, 0.29) is 0 Å². The van der Waals surface area contributed by atoms with Crippen LogP contribution in [-0.2, 0) is 0 Å². The summed E-state index contributed by atoms with van der Waals surface area (Å²) in [6.07, 6.45) is 1.94. The van der Waals surface area contributed by atoms with Crippen molar-refractivity contribution in [2.75, 3.05) is 37.8 Å². The van der Waals surface area contributed by atoms with Gasteiger partial charge in [0.05, 0.1) is 6.67 Å². The Kier molecular flexibility index (Phi) is 4.54. The van der Waals surface area contributed by atoms with E-state index >= 15 is 0 Å². The summed E-state index contributed by atoms with van der Waals surface area (Å²) in [6, 6.07) is 0. The van der Waals surface area contributed by atoms with Crippen molar-refractivity contribution in [2.45, 2.75) is 6.92 Å². The van der Waals surface area contributed by atoms with Crippen molar-refractivity contribution >= 4 is 11.8 Å². The average molecular weight is 186 g/mol. The second-order valence-corrected chi connectivity index (χ2v) is 4.35. The molecule has 1 heterocycles. The van der Waals surface area contributed by atoms with Crippen LogP contribution in [0.3, 0.4) is 0 Å². The molecule has 70 valence electrons. The maximum absolute atomic E-state index is 3.77. The molecule has 1 fully saturated rings. The highest BCUT2D eigenvalue weighted by Crippen LogP contribution is 2.06. The van der Waals surface area contributed by atoms with E-state index in [1.54, 1.807) is 0 Å². The van der Waals surface area contributed by atoms with E-state index in [1.807, 2.05) is 18.0 Å². The molecule has 0 N–H and O–H groups in total. The monoisotopic (exact) mass is 186 g/mol. The fourth-order valence-corrected chi connectivity index (χ4v) is 2.01. The summed E-state index contributed by atoms with van der Waals surface area (Å²) >= 11 is 2.02. The van der Waals surface area contributed by atoms with Gasteiger partial charge in [-0.2, -0.15) is 11.8 Å². The lowest BCUT2D eigenvalue weighted by Gasteiger charge is -2.15. The standard InChI is InChI=1S/C9H18N2S/c1-3-10-5-6-11(9-10)7-8-12-4-2/h3H,1,4-9H2,2H3. The van der Waals surface area contributed by atoms with Crippen LogP contribution < -0.4 is 0 Å². The lowest BCUT2D eigenvalue weighted by atomic mass is 10.6. The Morgan fingerprint density at radius 1 is 1.50 bits per heavy atom. The molecular formula is C9H18N2S. The first kappa shape index (κ1) is 9.93. The van der Waals surface area contributed by atoms with Gasteiger partial charge in [0.1, 0.15) is 0 Å². The Balaban J connectivity index is 2.06. The van der Waals surface area contributed by atoms with Crippen LogP contribution in [0.1, 0.15) is 6.92 Å². The Bertz CT molecular complexity index is 138. The number of rotatable bonds is 5. The second-order valence-electron chi connectivity index (χ2n) is 2.95. The molecule has 1 aliphatic heterocycles. The highest BCUT2D eigenvalue weighted by Gasteiger charge is 2.15. The highest BCUT2D eigenvalue weighted by atomic mass is 32.2. The van der Waals surface area contributed by atoms with Crippen molar-refractivity contribution < 1.29 is 0 Å². The van der Waals surface area contributed by atoms with Crippen molar-refractivity contribution in [2.24, 2.45) is 0 Å². The molecule has 0 amide bonds. The lowest BCUT2D eigenvalue weighted by Crippen LogP contribution is -2.25. The third-order valence-electron chi connectivity index (χ3n) is 2.10. The zero-order valence-electron chi connectivity index (χ0n) is 7.83. The minimum atomic E-state index is 1.08. The van der Waals surface area contributed by atoms with Crippen molar-refractivity contribution in [3.8, 4) is 0 Å². The maximum atomic E-state index is 3.77. The predicted octanol–water partition coefficient (Wildman–Crippen LogP) is 1.46. The SMILES string of the molecule is C=CN1CCN(CCSCC)C1. The smallest absolute Gasteiger partial charge is 0.0702 e. The maximum Gasteiger partial charge on any atom is 0.0702 e. The van der Waals surface area contributed by atoms with E-state index in [1.165, 1.54) is 24.6 Å². The zero-order chi connectivity index (χ0) is 8.81. The lowest BCUT2D eigenvalue weighted by molar-refractivity contribution is 0.305. The molecular weight excluding hydrogens is 168 g/mol. The third-order valence-corrected chi connectivity index (χ3v) is 2.98. The molecule has 0 aromatic heterocycles. The minimum absolute atomic E-state index is 1.08. The quantitative estimate of drug-likeness (QED) is 0.600. The molecule has 1 rings (SSSR count). The summed E-state index contributed by atoms with van der Waals surface area (Å²) < 4.78 is 0. The molecule has 0 unspecified atom stereocenters. The molecule has 0 saturated carbocycles. The Hall–Kier alpha value is -0.150. The number of hydrogen-bond donors (Lipinski definition) is 0. The Morgan fingerprint density at radius 3 is 2.92 bits per heavy atom. The summed E-state index contributed by atoms with van der Waals surface area (Å²) in [7, 11) is 0. The van der Waals surface area contributed by atoms with Crippen LogP contribution in [0.4, 0.5) is 0 Å². The van der Waals surface area contributed by atoms with Crippen LogP contribution in [-0.4, -0.2) is 47.6 Å². The van der Waals surface area contributed by atoms with E-state index < -0.39 is 0 Å². The topological polar surface area (TPSA) is 6.48 Å². The van der Waals surface area contributed by atoms with Crippen LogP contribution in [0.25, 0.3) is 0 Å². The molecule has 3 heteroatoms. The molecule has 0 aromatic rings. The van der Waals surface area contributed by atoms with Gasteiger partial charge in [-0.3, -0.25) is 4.90 Å². The molecule has 0 bridgehead atoms. The van der Waals surface area contributed by atoms with Gasteiger partial charge >= 0.3 is 0 Å². The van der Waals surface area contributed by atoms with Crippen LogP contribution in [0, 0.1) is 0 Å². The van der Waals surface area contributed by atoms with Gasteiger partial charge in [0.2, 0.25) is 0 Å². The van der Waals surface area contributed by atoms with Gasteiger partial charge in [-0.15, -0.1) is 0 Å². The summed E-state index contributed by atoms with van der Waals surface area (Å²) in [4.78, 5) is 4.74. The van der Waals surface area contributed by atoms with Gasteiger partial charge in [-0.1, -0.05) is 13.5 Å². The number of thioether (sulfide) groups is 1. The largest absolute Gasteiger partial charge is 0.364 e. The molecule has 0 aliphatic carbocycles. The van der Waals surface area contributed by atoms with E-state index in [9.17, 15) is 0 Å². The summed E-state index contributed by atoms with van der Waals surface area (Å²) in [6.45, 7) is 10.6. The normalized spacial score (nSPS) is 18.6. The Morgan fingerprint density at radius 2 is 2.33 bits per heavy atom. The van der Waals surface area contributed by atoms with Gasteiger partial charge in [0.25, 0.3) is 0 Å². The molecule has 0 atom stereocenters.